The Labute approximate surface area is 287 Å². The minimum Gasteiger partial charge on any atom is -0.484 e. The summed E-state index contributed by atoms with van der Waals surface area (Å²) in [7, 11) is 0. The zero-order valence-corrected chi connectivity index (χ0v) is 30.4. The molecular formula is C40H54N4O4. The van der Waals surface area contributed by atoms with Crippen LogP contribution in [0.5, 0.6) is 11.5 Å². The van der Waals surface area contributed by atoms with Gasteiger partial charge >= 0.3 is 0 Å². The Morgan fingerprint density at radius 2 is 0.854 bits per heavy atom. The fourth-order valence-electron chi connectivity index (χ4n) is 6.25. The molecule has 0 spiro atoms. The van der Waals surface area contributed by atoms with Crippen molar-refractivity contribution >= 4 is 24.2 Å². The van der Waals surface area contributed by atoms with Crippen LogP contribution in [0, 0.1) is 10.8 Å². The normalized spacial score (nSPS) is 12.7. The molecule has 2 N–H and O–H groups in total. The summed E-state index contributed by atoms with van der Waals surface area (Å²) in [5.41, 5.74) is 9.53. The van der Waals surface area contributed by atoms with E-state index in [9.17, 15) is 9.59 Å². The van der Waals surface area contributed by atoms with Gasteiger partial charge in [0.2, 0.25) is 0 Å². The first-order valence-corrected chi connectivity index (χ1v) is 16.5. The van der Waals surface area contributed by atoms with Crippen LogP contribution in [0.25, 0.3) is 0 Å². The van der Waals surface area contributed by atoms with Gasteiger partial charge < -0.3 is 9.47 Å². The predicted molar refractivity (Wildman–Crippen MR) is 196 cm³/mol. The maximum Gasteiger partial charge on any atom is 0.277 e. The molecule has 0 bridgehead atoms. The molecule has 3 rings (SSSR count). The first-order valence-electron chi connectivity index (χ1n) is 16.5. The van der Waals surface area contributed by atoms with E-state index >= 15 is 0 Å². The summed E-state index contributed by atoms with van der Waals surface area (Å²) in [6.45, 7) is 22.2. The molecule has 8 heteroatoms. The van der Waals surface area contributed by atoms with E-state index in [2.05, 4.69) is 115 Å². The number of carbonyl (C=O) groups is 2. The molecule has 0 saturated heterocycles. The van der Waals surface area contributed by atoms with Gasteiger partial charge in [-0.2, -0.15) is 10.2 Å². The predicted octanol–water partition coefficient (Wildman–Crippen LogP) is 8.17. The quantitative estimate of drug-likeness (QED) is 0.135. The van der Waals surface area contributed by atoms with E-state index in [0.29, 0.717) is 11.5 Å². The smallest absolute Gasteiger partial charge is 0.277 e. The zero-order valence-electron chi connectivity index (χ0n) is 30.4. The number of benzene rings is 3. The van der Waals surface area contributed by atoms with Crippen LogP contribution in [-0.2, 0) is 20.4 Å². The van der Waals surface area contributed by atoms with Crippen LogP contribution in [0.15, 0.2) is 83.0 Å². The monoisotopic (exact) mass is 654 g/mol. The third-order valence-corrected chi connectivity index (χ3v) is 7.70. The van der Waals surface area contributed by atoms with Crippen molar-refractivity contribution in [3.8, 4) is 11.5 Å². The first kappa shape index (κ1) is 38.0. The van der Waals surface area contributed by atoms with Gasteiger partial charge in [-0.15, -0.1) is 0 Å². The van der Waals surface area contributed by atoms with Crippen LogP contribution in [0.1, 0.15) is 104 Å². The Bertz CT molecular complexity index is 1420. The van der Waals surface area contributed by atoms with E-state index in [0.717, 1.165) is 24.0 Å². The van der Waals surface area contributed by atoms with Crippen LogP contribution in [0.4, 0.5) is 0 Å². The van der Waals surface area contributed by atoms with E-state index in [1.54, 1.807) is 12.4 Å². The summed E-state index contributed by atoms with van der Waals surface area (Å²) in [4.78, 5) is 24.4. The molecule has 0 aliphatic rings. The fraction of sp³-hybridized carbons (Fsp3) is 0.450. The Kier molecular flexibility index (Phi) is 12.7. The highest BCUT2D eigenvalue weighted by Gasteiger charge is 2.28. The molecule has 0 radical (unpaired) electrons. The van der Waals surface area contributed by atoms with Gasteiger partial charge in [-0.3, -0.25) is 9.59 Å². The number of hydrazone groups is 2. The van der Waals surface area contributed by atoms with Crippen LogP contribution in [-0.4, -0.2) is 37.5 Å². The van der Waals surface area contributed by atoms with Crippen molar-refractivity contribution in [2.24, 2.45) is 21.0 Å². The van der Waals surface area contributed by atoms with Crippen molar-refractivity contribution in [2.75, 3.05) is 13.2 Å². The average molecular weight is 655 g/mol. The Balaban J connectivity index is 1.37. The van der Waals surface area contributed by atoms with Gasteiger partial charge in [-0.05, 0) is 81.0 Å². The SMILES string of the molecule is CC(C)(C)CC(C)(C)c1ccc(OCC(=O)N/N=C/c2ccc(/C=N/NC(=O)COc3ccc(C(C)(C)CC(C)(C)C)cc3)cc2)cc1. The highest BCUT2D eigenvalue weighted by molar-refractivity contribution is 5.86. The van der Waals surface area contributed by atoms with Gasteiger partial charge in [0.1, 0.15) is 11.5 Å². The number of ether oxygens (including phenoxy) is 2. The summed E-state index contributed by atoms with van der Waals surface area (Å²) in [6.07, 6.45) is 5.20. The van der Waals surface area contributed by atoms with Crippen LogP contribution in [0.2, 0.25) is 0 Å². The molecule has 0 atom stereocenters. The van der Waals surface area contributed by atoms with Crippen molar-refractivity contribution < 1.29 is 19.1 Å². The van der Waals surface area contributed by atoms with E-state index in [1.807, 2.05) is 48.5 Å². The van der Waals surface area contributed by atoms with E-state index in [1.165, 1.54) is 11.1 Å². The molecule has 3 aromatic carbocycles. The largest absolute Gasteiger partial charge is 0.484 e. The minimum atomic E-state index is -0.357. The lowest BCUT2D eigenvalue weighted by atomic mass is 9.72. The maximum atomic E-state index is 12.2. The molecule has 0 saturated carbocycles. The molecule has 258 valence electrons. The van der Waals surface area contributed by atoms with Crippen molar-refractivity contribution in [1.29, 1.82) is 0 Å². The summed E-state index contributed by atoms with van der Waals surface area (Å²) in [6, 6.07) is 23.1. The topological polar surface area (TPSA) is 101 Å². The van der Waals surface area contributed by atoms with Gasteiger partial charge in [0.15, 0.2) is 13.2 Å². The highest BCUT2D eigenvalue weighted by Crippen LogP contribution is 2.37. The minimum absolute atomic E-state index is 0.0390. The Morgan fingerprint density at radius 1 is 0.542 bits per heavy atom. The second kappa shape index (κ2) is 16.1. The number of hydrogen-bond donors (Lipinski definition) is 2. The lowest BCUT2D eigenvalue weighted by Gasteiger charge is -2.33. The molecular weight excluding hydrogens is 600 g/mol. The fourth-order valence-corrected chi connectivity index (χ4v) is 6.25. The summed E-state index contributed by atoms with van der Waals surface area (Å²) in [5, 5.41) is 8.03. The molecule has 8 nitrogen and oxygen atoms in total. The van der Waals surface area contributed by atoms with Gasteiger partial charge in [-0.25, -0.2) is 10.9 Å². The standard InChI is InChI=1S/C40H54N4O4/c1-37(2,3)27-39(7,8)31-15-19-33(20-16-31)47-25-35(45)43-41-23-29-11-13-30(14-12-29)24-42-44-36(46)26-48-34-21-17-32(18-22-34)40(9,10)28-38(4,5)6/h11-24H,25-28H2,1-10H3,(H,43,45)(H,44,46)/b41-23+,42-24+. The molecule has 3 aromatic rings. The molecule has 2 amide bonds. The molecule has 0 fully saturated rings. The second-order valence-corrected chi connectivity index (χ2v) is 16.1. The second-order valence-electron chi connectivity index (χ2n) is 16.1. The van der Waals surface area contributed by atoms with Crippen LogP contribution >= 0.6 is 0 Å². The number of carbonyl (C=O) groups excluding carboxylic acids is 2. The third kappa shape index (κ3) is 13.3. The Morgan fingerprint density at radius 3 is 1.15 bits per heavy atom. The van der Waals surface area contributed by atoms with Gasteiger partial charge in [0.25, 0.3) is 11.8 Å². The first-order chi connectivity index (χ1) is 22.3. The van der Waals surface area contributed by atoms with Crippen molar-refractivity contribution in [3.05, 3.63) is 95.1 Å². The van der Waals surface area contributed by atoms with Crippen molar-refractivity contribution in [2.45, 2.75) is 92.9 Å². The van der Waals surface area contributed by atoms with E-state index < -0.39 is 0 Å². The van der Waals surface area contributed by atoms with Gasteiger partial charge in [0.05, 0.1) is 12.4 Å². The van der Waals surface area contributed by atoms with Crippen LogP contribution in [0.3, 0.4) is 0 Å². The third-order valence-electron chi connectivity index (χ3n) is 7.70. The summed E-state index contributed by atoms with van der Waals surface area (Å²) in [5.74, 6) is 0.547. The summed E-state index contributed by atoms with van der Waals surface area (Å²) >= 11 is 0. The van der Waals surface area contributed by atoms with E-state index in [-0.39, 0.29) is 46.7 Å². The van der Waals surface area contributed by atoms with E-state index in [4.69, 9.17) is 9.47 Å². The number of rotatable bonds is 14. The highest BCUT2D eigenvalue weighted by atomic mass is 16.5. The molecule has 0 heterocycles. The maximum absolute atomic E-state index is 12.2. The van der Waals surface area contributed by atoms with Crippen LogP contribution < -0.4 is 20.3 Å². The lowest BCUT2D eigenvalue weighted by molar-refractivity contribution is -0.123. The van der Waals surface area contributed by atoms with Crippen molar-refractivity contribution in [3.63, 3.8) is 0 Å². The molecule has 0 aliphatic heterocycles. The Hall–Kier alpha value is -4.46. The molecule has 0 aromatic heterocycles. The molecule has 48 heavy (non-hydrogen) atoms. The summed E-state index contributed by atoms with van der Waals surface area (Å²) < 4.78 is 11.3. The van der Waals surface area contributed by atoms with Crippen molar-refractivity contribution in [1.82, 2.24) is 10.9 Å². The molecule has 0 unspecified atom stereocenters. The average Bonchev–Trinajstić information content (AvgIpc) is 2.98. The lowest BCUT2D eigenvalue weighted by Crippen LogP contribution is -2.25. The number of amides is 2. The number of nitrogens with one attached hydrogen (secondary N) is 2. The number of nitrogens with zero attached hydrogens (tertiary/aromatic N) is 2. The number of hydrogen-bond acceptors (Lipinski definition) is 6. The van der Waals surface area contributed by atoms with Gasteiger partial charge in [-0.1, -0.05) is 118 Å². The van der Waals surface area contributed by atoms with Gasteiger partial charge in [0, 0.05) is 0 Å². The molecule has 0 aliphatic carbocycles. The zero-order chi connectivity index (χ0) is 35.6.